The summed E-state index contributed by atoms with van der Waals surface area (Å²) in [5.41, 5.74) is 9.43. The Balaban J connectivity index is 0.000000176. The minimum absolute atomic E-state index is 0.0652. The van der Waals surface area contributed by atoms with Crippen molar-refractivity contribution in [2.75, 3.05) is 27.4 Å². The number of rotatable bonds is 15. The first-order valence-corrected chi connectivity index (χ1v) is 26.8. The molecule has 10 aromatic rings. The Labute approximate surface area is 504 Å². The maximum absolute atomic E-state index is 12.6. The van der Waals surface area contributed by atoms with Crippen LogP contribution >= 0.6 is 11.3 Å². The van der Waals surface area contributed by atoms with Crippen molar-refractivity contribution in [3.05, 3.63) is 153 Å². The third-order valence-electron chi connectivity index (χ3n) is 12.6. The van der Waals surface area contributed by atoms with Crippen LogP contribution in [0, 0.1) is 34.6 Å². The minimum Gasteiger partial charge on any atom is -0.497 e. The fraction of sp³-hybridized carbons (Fsp3) is 0.259. The molecule has 0 amide bonds. The van der Waals surface area contributed by atoms with Crippen LogP contribution in [-0.2, 0) is 35.2 Å². The van der Waals surface area contributed by atoms with Gasteiger partial charge in [-0.15, -0.1) is 11.3 Å². The summed E-state index contributed by atoms with van der Waals surface area (Å²) in [6, 6.07) is 14.5. The van der Waals surface area contributed by atoms with E-state index >= 15 is 0 Å². The number of aliphatic hydroxyl groups excluding tert-OH is 2. The number of carbonyl (C=O) groups excluding carboxylic acids is 2. The number of carboxylic acid groups (broad SMARTS) is 3. The third-order valence-corrected chi connectivity index (χ3v) is 13.6. The van der Waals surface area contributed by atoms with Crippen LogP contribution in [0.15, 0.2) is 91.9 Å². The standard InChI is InChI=1S/C13H15N3O2.C12H13N3O3.C12H13N3O2.C11H11N3O3.C10H9F2N3O2S/c1-8-4-9(2)15-11(5-8)10-6-14-16(3)13(10)12(18)7-17;1-15-12(11(17)7-16)9(6-14-15)10-5-8(18-2)3-4-13-10;1-7-4-8(2)14-10(5-7)9-6-13-15(3)11(9)12(16)17;1-14-10(11(15)16)8(6-13-14)9-5-7(17-2)3-4-12-9;1-4-6(8(11)12)14-9(18-4)5-3-13-15(2)7(5)10(16)17/h4-6,17H,7H2,1-3H3;3-6,16H,7H2,1-2H3;4-6H,1-3H3,(H,16,17);3-6H,1-2H3,(H,15,16);3,8H,1-2H3,(H,16,17). The monoisotopic (exact) mass is 1230 g/mol. The number of methoxy groups -OCH3 is 2. The van der Waals surface area contributed by atoms with Crippen LogP contribution in [0.4, 0.5) is 8.78 Å². The van der Waals surface area contributed by atoms with Crippen molar-refractivity contribution in [3.63, 3.8) is 0 Å². The highest BCUT2D eigenvalue weighted by Gasteiger charge is 2.25. The number of ketones is 2. The number of aromatic carboxylic acids is 3. The number of aromatic nitrogens is 15. The molecule has 10 heterocycles. The Kier molecular flexibility index (Phi) is 22.3. The van der Waals surface area contributed by atoms with Crippen molar-refractivity contribution in [1.82, 2.24) is 73.8 Å². The summed E-state index contributed by atoms with van der Waals surface area (Å²) in [7, 11) is 11.1. The first kappa shape index (κ1) is 66.5. The maximum Gasteiger partial charge on any atom is 0.354 e. The topological polar surface area (TPSA) is 359 Å². The smallest absolute Gasteiger partial charge is 0.354 e. The molecular weight excluding hydrogens is 1170 g/mol. The van der Waals surface area contributed by atoms with E-state index in [4.69, 9.17) is 35.0 Å². The second-order valence-corrected chi connectivity index (χ2v) is 20.2. The Hall–Kier alpha value is -10.6. The molecule has 0 bridgehead atoms. The highest BCUT2D eigenvalue weighted by Crippen LogP contribution is 2.34. The normalized spacial score (nSPS) is 10.6. The molecule has 0 aliphatic rings. The van der Waals surface area contributed by atoms with Crippen LogP contribution < -0.4 is 9.47 Å². The summed E-state index contributed by atoms with van der Waals surface area (Å²) in [6.45, 7) is 8.15. The van der Waals surface area contributed by atoms with Crippen LogP contribution in [0.5, 0.6) is 11.5 Å². The van der Waals surface area contributed by atoms with Crippen LogP contribution in [0.25, 0.3) is 55.6 Å². The lowest BCUT2D eigenvalue weighted by Crippen LogP contribution is -2.12. The molecule has 0 spiro atoms. The van der Waals surface area contributed by atoms with Gasteiger partial charge in [-0.2, -0.15) is 25.5 Å². The number of aryl methyl sites for hydroxylation is 10. The first-order chi connectivity index (χ1) is 41.7. The molecule has 0 aromatic carbocycles. The Morgan fingerprint density at radius 2 is 0.818 bits per heavy atom. The average molecular weight is 1230 g/mol. The van der Waals surface area contributed by atoms with Crippen molar-refractivity contribution in [2.24, 2.45) is 35.2 Å². The molecule has 88 heavy (non-hydrogen) atoms. The molecule has 10 aromatic heterocycles. The minimum atomic E-state index is -2.67. The number of nitrogens with zero attached hydrogens (tertiary/aromatic N) is 15. The van der Waals surface area contributed by atoms with E-state index in [0.717, 1.165) is 33.9 Å². The highest BCUT2D eigenvalue weighted by molar-refractivity contribution is 7.15. The van der Waals surface area contributed by atoms with E-state index in [1.807, 2.05) is 52.0 Å². The highest BCUT2D eigenvalue weighted by atomic mass is 32.1. The number of ether oxygens (including phenoxy) is 2. The van der Waals surface area contributed by atoms with Crippen molar-refractivity contribution in [3.8, 4) is 67.1 Å². The van der Waals surface area contributed by atoms with Crippen molar-refractivity contribution in [1.29, 1.82) is 0 Å². The van der Waals surface area contributed by atoms with Gasteiger partial charge in [0.1, 0.15) is 46.8 Å². The van der Waals surface area contributed by atoms with E-state index in [2.05, 4.69) is 50.4 Å². The summed E-state index contributed by atoms with van der Waals surface area (Å²) >= 11 is 1.03. The van der Waals surface area contributed by atoms with E-state index in [-0.39, 0.29) is 39.1 Å². The fourth-order valence-electron chi connectivity index (χ4n) is 8.72. The molecule has 30 heteroatoms. The van der Waals surface area contributed by atoms with Gasteiger partial charge in [-0.25, -0.2) is 28.1 Å². The number of thiazole rings is 1. The summed E-state index contributed by atoms with van der Waals surface area (Å²) in [5, 5.41) is 65.3. The summed E-state index contributed by atoms with van der Waals surface area (Å²) < 4.78 is 42.2. The second kappa shape index (κ2) is 29.5. The molecule has 10 rings (SSSR count). The van der Waals surface area contributed by atoms with Gasteiger partial charge < -0.3 is 35.0 Å². The molecule has 5 N–H and O–H groups in total. The van der Waals surface area contributed by atoms with E-state index < -0.39 is 43.3 Å². The second-order valence-electron chi connectivity index (χ2n) is 19.0. The molecule has 0 aliphatic carbocycles. The summed E-state index contributed by atoms with van der Waals surface area (Å²) in [4.78, 5) is 77.9. The SMILES string of the molecule is COc1ccnc(-c2cnn(C)c2C(=O)CO)c1.COc1ccnc(-c2cnn(C)c2C(=O)O)c1.Cc1cc(C)nc(-c2cnn(C)c2C(=O)CO)c1.Cc1cc(C)nc(-c2cnn(C)c2C(=O)O)c1.Cc1sc(-c2cnn(C)c2C(=O)O)nc1C(F)F. The molecule has 27 nitrogen and oxygen atoms in total. The molecule has 0 fully saturated rings. The van der Waals surface area contributed by atoms with Crippen LogP contribution in [0.1, 0.15) is 92.0 Å². The summed E-state index contributed by atoms with van der Waals surface area (Å²) in [5.74, 6) is -2.69. The number of Topliss-reactive ketones (excluding diaryl/α,β-unsaturated/α-hetero) is 2. The molecule has 0 aliphatic heterocycles. The lowest BCUT2D eigenvalue weighted by molar-refractivity contribution is 0.0675. The van der Waals surface area contributed by atoms with Gasteiger partial charge in [0.05, 0.1) is 84.7 Å². The Morgan fingerprint density at radius 3 is 1.15 bits per heavy atom. The molecule has 0 radical (unpaired) electrons. The summed E-state index contributed by atoms with van der Waals surface area (Å²) in [6.07, 6.45) is 7.96. The van der Waals surface area contributed by atoms with E-state index in [1.165, 1.54) is 56.0 Å². The van der Waals surface area contributed by atoms with Gasteiger partial charge in [0.25, 0.3) is 6.43 Å². The fourth-order valence-corrected chi connectivity index (χ4v) is 9.65. The van der Waals surface area contributed by atoms with Crippen molar-refractivity contribution in [2.45, 2.75) is 41.0 Å². The predicted octanol–water partition coefficient (Wildman–Crippen LogP) is 7.41. The van der Waals surface area contributed by atoms with Gasteiger partial charge >= 0.3 is 17.9 Å². The molecule has 0 unspecified atom stereocenters. The Morgan fingerprint density at radius 1 is 0.489 bits per heavy atom. The zero-order valence-electron chi connectivity index (χ0n) is 49.6. The quantitative estimate of drug-likeness (QED) is 0.0623. The third kappa shape index (κ3) is 15.8. The van der Waals surface area contributed by atoms with Crippen LogP contribution in [0.3, 0.4) is 0 Å². The van der Waals surface area contributed by atoms with Crippen molar-refractivity contribution < 1.29 is 67.8 Å². The van der Waals surface area contributed by atoms with Gasteiger partial charge in [-0.1, -0.05) is 0 Å². The molecule has 0 saturated heterocycles. The zero-order chi connectivity index (χ0) is 64.8. The molecular formula is C58H61F2N15O12S. The van der Waals surface area contributed by atoms with Gasteiger partial charge in [0.15, 0.2) is 17.1 Å². The number of alkyl halides is 2. The molecule has 0 atom stereocenters. The number of aliphatic hydroxyl groups is 2. The Bertz CT molecular complexity index is 4120. The van der Waals surface area contributed by atoms with E-state index in [9.17, 15) is 32.8 Å². The van der Waals surface area contributed by atoms with Gasteiger partial charge in [0, 0.05) is 87.2 Å². The lowest BCUT2D eigenvalue weighted by Gasteiger charge is -2.05. The number of carbonyl (C=O) groups is 5. The molecule has 460 valence electrons. The average Bonchev–Trinajstić information content (AvgIpc) is 2.32. The number of hydrogen-bond acceptors (Lipinski definition) is 20. The van der Waals surface area contributed by atoms with Crippen LogP contribution in [-0.4, -0.2) is 156 Å². The number of halogens is 2. The van der Waals surface area contributed by atoms with Crippen LogP contribution in [0.2, 0.25) is 0 Å². The first-order valence-electron chi connectivity index (χ1n) is 26.0. The van der Waals surface area contributed by atoms with E-state index in [1.54, 1.807) is 91.5 Å². The van der Waals surface area contributed by atoms with E-state index in [0.29, 0.717) is 72.8 Å². The zero-order valence-corrected chi connectivity index (χ0v) is 50.4. The molecule has 0 saturated carbocycles. The maximum atomic E-state index is 12.6. The van der Waals surface area contributed by atoms with Gasteiger partial charge in [-0.05, 0) is 82.1 Å². The number of hydrogen-bond donors (Lipinski definition) is 5. The van der Waals surface area contributed by atoms with Crippen molar-refractivity contribution >= 4 is 40.8 Å². The van der Waals surface area contributed by atoms with Gasteiger partial charge in [0.2, 0.25) is 11.6 Å². The van der Waals surface area contributed by atoms with Gasteiger partial charge in [-0.3, -0.25) is 52.9 Å². The number of pyridine rings is 4. The number of carboxylic acids is 3. The lowest BCUT2D eigenvalue weighted by atomic mass is 10.1. The largest absolute Gasteiger partial charge is 0.497 e. The predicted molar refractivity (Wildman–Crippen MR) is 316 cm³/mol.